The third kappa shape index (κ3) is 3.20. The van der Waals surface area contributed by atoms with Crippen molar-refractivity contribution >= 4 is 5.69 Å². The normalized spacial score (nSPS) is 8.29. The number of anilines is 1. The predicted octanol–water partition coefficient (Wildman–Crippen LogP) is 1.81. The van der Waals surface area contributed by atoms with Gasteiger partial charge in [-0.2, -0.15) is 21.0 Å². The number of nitrogens with zero attached hydrogens (tertiary/aromatic N) is 4. The number of methoxy groups -OCH3 is 2. The molecule has 0 bridgehead atoms. The third-order valence-electron chi connectivity index (χ3n) is 2.49. The Labute approximate surface area is 121 Å². The van der Waals surface area contributed by atoms with Crippen molar-refractivity contribution < 1.29 is 9.47 Å². The molecule has 7 nitrogen and oxygen atoms in total. The SMILES string of the molecule is COc1cc(C#N)c(NC(C#N)=C(C#N)C#N)cc1OC. The summed E-state index contributed by atoms with van der Waals surface area (Å²) < 4.78 is 10.2. The molecule has 0 atom stereocenters. The van der Waals surface area contributed by atoms with E-state index >= 15 is 0 Å². The van der Waals surface area contributed by atoms with E-state index in [0.717, 1.165) is 0 Å². The average molecular weight is 279 g/mol. The molecule has 0 fully saturated rings. The van der Waals surface area contributed by atoms with E-state index in [1.807, 2.05) is 6.07 Å². The second kappa shape index (κ2) is 7.04. The summed E-state index contributed by atoms with van der Waals surface area (Å²) in [5.74, 6) is 0.689. The van der Waals surface area contributed by atoms with Gasteiger partial charge >= 0.3 is 0 Å². The maximum Gasteiger partial charge on any atom is 0.163 e. The van der Waals surface area contributed by atoms with Gasteiger partial charge < -0.3 is 14.8 Å². The number of hydrogen-bond donors (Lipinski definition) is 1. The summed E-state index contributed by atoms with van der Waals surface area (Å²) in [6.07, 6.45) is 0. The Hall–Kier alpha value is -3.68. The Morgan fingerprint density at radius 2 is 1.52 bits per heavy atom. The molecule has 0 aliphatic heterocycles. The van der Waals surface area contributed by atoms with Crippen LogP contribution in [-0.2, 0) is 0 Å². The second-order valence-corrected chi connectivity index (χ2v) is 3.57. The molecule has 0 saturated heterocycles. The molecular formula is C14H9N5O2. The van der Waals surface area contributed by atoms with E-state index in [2.05, 4.69) is 5.32 Å². The van der Waals surface area contributed by atoms with Crippen molar-refractivity contribution in [2.45, 2.75) is 0 Å². The summed E-state index contributed by atoms with van der Waals surface area (Å²) in [5, 5.41) is 38.3. The van der Waals surface area contributed by atoms with Crippen molar-refractivity contribution in [3.63, 3.8) is 0 Å². The van der Waals surface area contributed by atoms with Crippen molar-refractivity contribution in [1.82, 2.24) is 0 Å². The van der Waals surface area contributed by atoms with Crippen LogP contribution in [0.3, 0.4) is 0 Å². The van der Waals surface area contributed by atoms with Gasteiger partial charge in [-0.25, -0.2) is 0 Å². The maximum atomic E-state index is 9.13. The summed E-state index contributed by atoms with van der Waals surface area (Å²) in [7, 11) is 2.85. The molecule has 1 aromatic carbocycles. The Balaban J connectivity index is 3.43. The van der Waals surface area contributed by atoms with Gasteiger partial charge in [-0.1, -0.05) is 0 Å². The quantitative estimate of drug-likeness (QED) is 0.832. The lowest BCUT2D eigenvalue weighted by Crippen LogP contribution is -2.03. The van der Waals surface area contributed by atoms with E-state index < -0.39 is 0 Å². The van der Waals surface area contributed by atoms with Crippen molar-refractivity contribution in [2.75, 3.05) is 19.5 Å². The molecule has 102 valence electrons. The number of nitriles is 4. The van der Waals surface area contributed by atoms with Crippen molar-refractivity contribution in [1.29, 1.82) is 21.0 Å². The van der Waals surface area contributed by atoms with E-state index in [-0.39, 0.29) is 22.5 Å². The van der Waals surface area contributed by atoms with Crippen molar-refractivity contribution in [2.24, 2.45) is 0 Å². The van der Waals surface area contributed by atoms with Crippen molar-refractivity contribution in [3.05, 3.63) is 29.0 Å². The van der Waals surface area contributed by atoms with E-state index in [9.17, 15) is 0 Å². The molecule has 1 aromatic rings. The highest BCUT2D eigenvalue weighted by Gasteiger charge is 2.14. The first-order valence-corrected chi connectivity index (χ1v) is 5.52. The Morgan fingerprint density at radius 3 is 1.95 bits per heavy atom. The van der Waals surface area contributed by atoms with E-state index in [4.69, 9.17) is 30.5 Å². The molecule has 0 aliphatic rings. The van der Waals surface area contributed by atoms with Crippen molar-refractivity contribution in [3.8, 4) is 35.8 Å². The molecular weight excluding hydrogens is 270 g/mol. The zero-order chi connectivity index (χ0) is 15.8. The third-order valence-corrected chi connectivity index (χ3v) is 2.49. The zero-order valence-corrected chi connectivity index (χ0v) is 11.3. The minimum Gasteiger partial charge on any atom is -0.493 e. The van der Waals surface area contributed by atoms with Crippen LogP contribution in [0.25, 0.3) is 0 Å². The van der Waals surface area contributed by atoms with Crippen LogP contribution in [0.1, 0.15) is 5.56 Å². The molecule has 0 amide bonds. The molecule has 21 heavy (non-hydrogen) atoms. The number of allylic oxidation sites excluding steroid dienone is 2. The van der Waals surface area contributed by atoms with Gasteiger partial charge in [0.25, 0.3) is 0 Å². The second-order valence-electron chi connectivity index (χ2n) is 3.57. The molecule has 0 heterocycles. The fourth-order valence-electron chi connectivity index (χ4n) is 1.49. The van der Waals surface area contributed by atoms with Crippen LogP contribution in [-0.4, -0.2) is 14.2 Å². The van der Waals surface area contributed by atoms with Gasteiger partial charge in [0.2, 0.25) is 0 Å². The molecule has 0 aromatic heterocycles. The van der Waals surface area contributed by atoms with Crippen LogP contribution in [0.4, 0.5) is 5.69 Å². The predicted molar refractivity (Wildman–Crippen MR) is 71.7 cm³/mol. The van der Waals surface area contributed by atoms with E-state index in [1.54, 1.807) is 18.2 Å². The van der Waals surface area contributed by atoms with Crippen LogP contribution < -0.4 is 14.8 Å². The first-order chi connectivity index (χ1) is 10.1. The molecule has 0 radical (unpaired) electrons. The molecule has 0 aliphatic carbocycles. The molecule has 1 N–H and O–H groups in total. The van der Waals surface area contributed by atoms with Gasteiger partial charge in [0, 0.05) is 12.1 Å². The number of benzene rings is 1. The number of rotatable bonds is 4. The number of ether oxygens (including phenoxy) is 2. The maximum absolute atomic E-state index is 9.13. The van der Waals surface area contributed by atoms with Crippen LogP contribution in [0.15, 0.2) is 23.4 Å². The molecule has 0 unspecified atom stereocenters. The van der Waals surface area contributed by atoms with Gasteiger partial charge in [-0.05, 0) is 0 Å². The lowest BCUT2D eigenvalue weighted by atomic mass is 10.1. The largest absolute Gasteiger partial charge is 0.493 e. The lowest BCUT2D eigenvalue weighted by Gasteiger charge is -2.12. The van der Waals surface area contributed by atoms with E-state index in [1.165, 1.54) is 26.4 Å². The minimum atomic E-state index is -0.379. The van der Waals surface area contributed by atoms with Gasteiger partial charge in [0.15, 0.2) is 17.1 Å². The average Bonchev–Trinajstić information content (AvgIpc) is 2.54. The first-order valence-electron chi connectivity index (χ1n) is 5.52. The fraction of sp³-hybridized carbons (Fsp3) is 0.143. The highest BCUT2D eigenvalue weighted by molar-refractivity contribution is 5.69. The van der Waals surface area contributed by atoms with Crippen LogP contribution in [0.2, 0.25) is 0 Å². The smallest absolute Gasteiger partial charge is 0.163 e. The van der Waals surface area contributed by atoms with Gasteiger partial charge in [0.1, 0.15) is 30.0 Å². The van der Waals surface area contributed by atoms with Gasteiger partial charge in [-0.3, -0.25) is 0 Å². The first kappa shape index (κ1) is 15.4. The highest BCUT2D eigenvalue weighted by Crippen LogP contribution is 2.33. The fourth-order valence-corrected chi connectivity index (χ4v) is 1.49. The summed E-state index contributed by atoms with van der Waals surface area (Å²) in [6.45, 7) is 0. The summed E-state index contributed by atoms with van der Waals surface area (Å²) >= 11 is 0. The molecule has 0 spiro atoms. The molecule has 7 heteroatoms. The van der Waals surface area contributed by atoms with Gasteiger partial charge in [-0.15, -0.1) is 0 Å². The Kier molecular flexibility index (Phi) is 5.16. The summed E-state index contributed by atoms with van der Waals surface area (Å²) in [4.78, 5) is 0. The summed E-state index contributed by atoms with van der Waals surface area (Å²) in [6, 6.07) is 9.73. The Morgan fingerprint density at radius 1 is 0.952 bits per heavy atom. The number of nitrogens with one attached hydrogen (secondary N) is 1. The summed E-state index contributed by atoms with van der Waals surface area (Å²) in [5.41, 5.74) is -0.217. The lowest BCUT2D eigenvalue weighted by molar-refractivity contribution is 0.355. The van der Waals surface area contributed by atoms with Crippen LogP contribution in [0, 0.1) is 45.3 Å². The standard InChI is InChI=1S/C14H9N5O2/c1-20-13-3-9(5-15)11(4-14(13)21-2)19-12(8-18)10(6-16)7-17/h3-4,19H,1-2H3. The minimum absolute atomic E-state index is 0.177. The van der Waals surface area contributed by atoms with Gasteiger partial charge in [0.05, 0.1) is 25.5 Å². The number of hydrogen-bond acceptors (Lipinski definition) is 7. The molecule has 0 saturated carbocycles. The highest BCUT2D eigenvalue weighted by atomic mass is 16.5. The van der Waals surface area contributed by atoms with E-state index in [0.29, 0.717) is 11.5 Å². The van der Waals surface area contributed by atoms with Crippen LogP contribution in [0.5, 0.6) is 11.5 Å². The topological polar surface area (TPSA) is 126 Å². The Bertz CT molecular complexity index is 738. The zero-order valence-electron chi connectivity index (χ0n) is 11.3. The monoisotopic (exact) mass is 279 g/mol. The van der Waals surface area contributed by atoms with Crippen LogP contribution >= 0.6 is 0 Å². The molecule has 1 rings (SSSR count).